The van der Waals surface area contributed by atoms with E-state index in [9.17, 15) is 5.11 Å². The number of hydrogen-bond acceptors (Lipinski definition) is 2. The molecule has 0 bridgehead atoms. The molecule has 0 amide bonds. The summed E-state index contributed by atoms with van der Waals surface area (Å²) in [7, 11) is 0. The van der Waals surface area contributed by atoms with Crippen molar-refractivity contribution in [3.05, 3.63) is 18.0 Å². The summed E-state index contributed by atoms with van der Waals surface area (Å²) in [5.41, 5.74) is 1.08. The van der Waals surface area contributed by atoms with Crippen molar-refractivity contribution >= 4 is 0 Å². The van der Waals surface area contributed by atoms with Crippen LogP contribution in [0.5, 0.6) is 0 Å². The van der Waals surface area contributed by atoms with E-state index in [2.05, 4.69) is 23.9 Å². The first kappa shape index (κ1) is 15.1. The highest BCUT2D eigenvalue weighted by molar-refractivity contribution is 5.02. The summed E-state index contributed by atoms with van der Waals surface area (Å²) in [6, 6.07) is 2.72. The highest BCUT2D eigenvalue weighted by Gasteiger charge is 2.27. The Labute approximate surface area is 128 Å². The van der Waals surface area contributed by atoms with Crippen LogP contribution < -0.4 is 0 Å². The van der Waals surface area contributed by atoms with Gasteiger partial charge in [-0.15, -0.1) is 0 Å². The van der Waals surface area contributed by atoms with Gasteiger partial charge in [0.25, 0.3) is 0 Å². The van der Waals surface area contributed by atoms with Gasteiger partial charge < -0.3 is 5.11 Å². The maximum Gasteiger partial charge on any atom is 0.0650 e. The third kappa shape index (κ3) is 3.68. The van der Waals surface area contributed by atoms with Crippen LogP contribution in [-0.4, -0.2) is 21.0 Å². The molecule has 0 saturated heterocycles. The Balaban J connectivity index is 1.55. The normalized spacial score (nSPS) is 28.9. The molecule has 0 spiro atoms. The molecule has 3 heteroatoms. The lowest BCUT2D eigenvalue weighted by molar-refractivity contribution is 0.0676. The predicted octanol–water partition coefficient (Wildman–Crippen LogP) is 4.12. The molecule has 1 aromatic rings. The average molecular weight is 290 g/mol. The van der Waals surface area contributed by atoms with Gasteiger partial charge in [0.15, 0.2) is 0 Å². The van der Waals surface area contributed by atoms with Gasteiger partial charge in [0.2, 0.25) is 0 Å². The minimum absolute atomic E-state index is 0.203. The highest BCUT2D eigenvalue weighted by atomic mass is 16.3. The fourth-order valence-corrected chi connectivity index (χ4v) is 4.29. The maximum absolute atomic E-state index is 10.6. The Morgan fingerprint density at radius 3 is 2.81 bits per heavy atom. The summed E-state index contributed by atoms with van der Waals surface area (Å²) in [4.78, 5) is 0. The van der Waals surface area contributed by atoms with E-state index in [1.54, 1.807) is 0 Å². The molecule has 1 aromatic heterocycles. The largest absolute Gasteiger partial charge is 0.392 e. The number of nitrogens with zero attached hydrogens (tertiary/aromatic N) is 2. The molecular weight excluding hydrogens is 260 g/mol. The van der Waals surface area contributed by atoms with Gasteiger partial charge >= 0.3 is 0 Å². The zero-order valence-corrected chi connectivity index (χ0v) is 13.4. The third-order valence-electron chi connectivity index (χ3n) is 5.73. The van der Waals surface area contributed by atoms with E-state index in [1.165, 1.54) is 57.8 Å². The summed E-state index contributed by atoms with van der Waals surface area (Å²) in [6.45, 7) is 2.28. The first-order valence-corrected chi connectivity index (χ1v) is 8.98. The molecule has 2 aliphatic rings. The van der Waals surface area contributed by atoms with E-state index in [0.29, 0.717) is 12.0 Å². The van der Waals surface area contributed by atoms with E-state index in [1.807, 2.05) is 0 Å². The lowest BCUT2D eigenvalue weighted by Gasteiger charge is -2.31. The predicted molar refractivity (Wildman–Crippen MR) is 85.2 cm³/mol. The van der Waals surface area contributed by atoms with Crippen molar-refractivity contribution in [2.45, 2.75) is 83.3 Å². The highest BCUT2D eigenvalue weighted by Crippen LogP contribution is 2.34. The Morgan fingerprint density at radius 1 is 1.24 bits per heavy atom. The van der Waals surface area contributed by atoms with Crippen molar-refractivity contribution in [1.29, 1.82) is 0 Å². The smallest absolute Gasteiger partial charge is 0.0650 e. The zero-order valence-electron chi connectivity index (χ0n) is 13.4. The second-order valence-corrected chi connectivity index (χ2v) is 7.20. The van der Waals surface area contributed by atoms with Crippen molar-refractivity contribution in [2.75, 3.05) is 0 Å². The summed E-state index contributed by atoms with van der Waals surface area (Å²) >= 11 is 0. The van der Waals surface area contributed by atoms with E-state index in [-0.39, 0.29) is 6.10 Å². The van der Waals surface area contributed by atoms with Gasteiger partial charge in [0, 0.05) is 12.6 Å². The third-order valence-corrected chi connectivity index (χ3v) is 5.73. The molecule has 3 nitrogen and oxygen atoms in total. The summed E-state index contributed by atoms with van der Waals surface area (Å²) in [5, 5.41) is 15.3. The molecule has 0 aliphatic heterocycles. The average Bonchev–Trinajstić information content (AvgIpc) is 3.18. The number of aliphatic hydroxyl groups excluding tert-OH is 1. The monoisotopic (exact) mass is 290 g/mol. The van der Waals surface area contributed by atoms with Gasteiger partial charge in [-0.05, 0) is 43.6 Å². The summed E-state index contributed by atoms with van der Waals surface area (Å²) in [5.74, 6) is 1.31. The van der Waals surface area contributed by atoms with Crippen LogP contribution in [0.15, 0.2) is 12.3 Å². The number of rotatable bonds is 5. The first-order valence-electron chi connectivity index (χ1n) is 8.98. The Morgan fingerprint density at radius 2 is 2.05 bits per heavy atom. The number of aromatic nitrogens is 2. The fourth-order valence-electron chi connectivity index (χ4n) is 4.29. The quantitative estimate of drug-likeness (QED) is 0.886. The number of hydrogen-bond donors (Lipinski definition) is 1. The zero-order chi connectivity index (χ0) is 14.7. The molecular formula is C18H30N2O. The molecule has 3 unspecified atom stereocenters. The maximum atomic E-state index is 10.6. The van der Waals surface area contributed by atoms with Gasteiger partial charge in [-0.1, -0.05) is 39.0 Å². The van der Waals surface area contributed by atoms with E-state index in [4.69, 9.17) is 5.10 Å². The van der Waals surface area contributed by atoms with Crippen LogP contribution in [-0.2, 0) is 6.42 Å². The SMILES string of the molecule is CCC1CCCC(C(O)Cc2ccn(C3CCCC3)n2)C1. The molecule has 118 valence electrons. The van der Waals surface area contributed by atoms with Crippen LogP contribution in [0.2, 0.25) is 0 Å². The minimum Gasteiger partial charge on any atom is -0.392 e. The molecule has 2 saturated carbocycles. The molecule has 1 N–H and O–H groups in total. The van der Waals surface area contributed by atoms with Crippen molar-refractivity contribution in [3.8, 4) is 0 Å². The van der Waals surface area contributed by atoms with E-state index >= 15 is 0 Å². The molecule has 2 fully saturated rings. The summed E-state index contributed by atoms with van der Waals surface area (Å²) < 4.78 is 2.14. The molecule has 1 heterocycles. The van der Waals surface area contributed by atoms with Crippen molar-refractivity contribution < 1.29 is 5.11 Å². The van der Waals surface area contributed by atoms with E-state index in [0.717, 1.165) is 18.0 Å². The Kier molecular flexibility index (Phi) is 4.99. The van der Waals surface area contributed by atoms with Gasteiger partial charge in [-0.3, -0.25) is 4.68 Å². The first-order chi connectivity index (χ1) is 10.3. The van der Waals surface area contributed by atoms with Gasteiger partial charge in [-0.2, -0.15) is 5.10 Å². The Bertz CT molecular complexity index is 436. The van der Waals surface area contributed by atoms with Crippen molar-refractivity contribution in [1.82, 2.24) is 9.78 Å². The standard InChI is InChI=1S/C18H30N2O/c1-2-14-6-5-7-15(12-14)18(21)13-16-10-11-20(19-16)17-8-3-4-9-17/h10-11,14-15,17-18,21H,2-9,12-13H2,1H3. The molecule has 3 rings (SSSR count). The lowest BCUT2D eigenvalue weighted by atomic mass is 9.77. The topological polar surface area (TPSA) is 38.0 Å². The van der Waals surface area contributed by atoms with Crippen molar-refractivity contribution in [2.24, 2.45) is 11.8 Å². The van der Waals surface area contributed by atoms with Crippen LogP contribution in [0.25, 0.3) is 0 Å². The van der Waals surface area contributed by atoms with Crippen LogP contribution in [0.1, 0.15) is 76.4 Å². The molecule has 21 heavy (non-hydrogen) atoms. The molecule has 0 aromatic carbocycles. The fraction of sp³-hybridized carbons (Fsp3) is 0.833. The second-order valence-electron chi connectivity index (χ2n) is 7.20. The lowest BCUT2D eigenvalue weighted by Crippen LogP contribution is -2.28. The number of aliphatic hydroxyl groups is 1. The van der Waals surface area contributed by atoms with Crippen LogP contribution in [0.4, 0.5) is 0 Å². The van der Waals surface area contributed by atoms with Crippen LogP contribution in [0.3, 0.4) is 0 Å². The Hall–Kier alpha value is -0.830. The molecule has 2 aliphatic carbocycles. The molecule has 0 radical (unpaired) electrons. The summed E-state index contributed by atoms with van der Waals surface area (Å²) in [6.07, 6.45) is 14.2. The van der Waals surface area contributed by atoms with Crippen molar-refractivity contribution in [3.63, 3.8) is 0 Å². The van der Waals surface area contributed by atoms with E-state index < -0.39 is 0 Å². The van der Waals surface area contributed by atoms with Crippen LogP contribution >= 0.6 is 0 Å². The molecule has 3 atom stereocenters. The van der Waals surface area contributed by atoms with Gasteiger partial charge in [0.1, 0.15) is 0 Å². The van der Waals surface area contributed by atoms with Gasteiger partial charge in [-0.25, -0.2) is 0 Å². The minimum atomic E-state index is -0.203. The van der Waals surface area contributed by atoms with Crippen LogP contribution in [0, 0.1) is 11.8 Å². The second kappa shape index (κ2) is 6.95. The van der Waals surface area contributed by atoms with Gasteiger partial charge in [0.05, 0.1) is 17.8 Å².